The number of likely N-dealkylation sites (N-methyl/N-ethyl adjacent to an activating group) is 1. The summed E-state index contributed by atoms with van der Waals surface area (Å²) in [6, 6.07) is 5.16. The number of ether oxygens (including phenoxy) is 1. The molecule has 0 bridgehead atoms. The summed E-state index contributed by atoms with van der Waals surface area (Å²) in [7, 11) is 3.90. The van der Waals surface area contributed by atoms with Crippen molar-refractivity contribution in [3.8, 4) is 5.75 Å². The van der Waals surface area contributed by atoms with Crippen LogP contribution in [-0.2, 0) is 4.79 Å². The number of hydrogen-bond acceptors (Lipinski definition) is 3. The van der Waals surface area contributed by atoms with Crippen LogP contribution in [0.5, 0.6) is 5.75 Å². The SMILES string of the molecule is CN(C)CCNC(=O)COc1ccc(Cl)cc1Br. The first-order valence-electron chi connectivity index (χ1n) is 5.48. The highest BCUT2D eigenvalue weighted by atomic mass is 79.9. The van der Waals surface area contributed by atoms with Crippen LogP contribution < -0.4 is 10.1 Å². The van der Waals surface area contributed by atoms with Gasteiger partial charge in [-0.2, -0.15) is 0 Å². The van der Waals surface area contributed by atoms with Crippen LogP contribution in [0.25, 0.3) is 0 Å². The van der Waals surface area contributed by atoms with Crippen LogP contribution in [0.3, 0.4) is 0 Å². The molecule has 0 saturated carbocycles. The van der Waals surface area contributed by atoms with Crippen LogP contribution in [0.1, 0.15) is 0 Å². The topological polar surface area (TPSA) is 41.6 Å². The number of amides is 1. The molecule has 18 heavy (non-hydrogen) atoms. The zero-order chi connectivity index (χ0) is 13.5. The molecule has 0 aliphatic carbocycles. The molecule has 0 fully saturated rings. The fourth-order valence-corrected chi connectivity index (χ4v) is 2.00. The predicted octanol–water partition coefficient (Wildman–Crippen LogP) is 2.16. The molecule has 0 spiro atoms. The molecule has 1 aromatic rings. The third-order valence-electron chi connectivity index (χ3n) is 2.13. The molecule has 100 valence electrons. The van der Waals surface area contributed by atoms with Crippen molar-refractivity contribution < 1.29 is 9.53 Å². The normalized spacial score (nSPS) is 10.5. The molecule has 1 N–H and O–H groups in total. The Morgan fingerprint density at radius 1 is 1.50 bits per heavy atom. The van der Waals surface area contributed by atoms with E-state index in [1.165, 1.54) is 0 Å². The van der Waals surface area contributed by atoms with E-state index in [9.17, 15) is 4.79 Å². The number of halogens is 2. The van der Waals surface area contributed by atoms with Gasteiger partial charge in [-0.15, -0.1) is 0 Å². The smallest absolute Gasteiger partial charge is 0.257 e. The molecule has 0 unspecified atom stereocenters. The second kappa shape index (κ2) is 7.61. The monoisotopic (exact) mass is 334 g/mol. The van der Waals surface area contributed by atoms with E-state index < -0.39 is 0 Å². The average Bonchev–Trinajstić information content (AvgIpc) is 2.27. The quantitative estimate of drug-likeness (QED) is 0.866. The molecule has 0 saturated heterocycles. The van der Waals surface area contributed by atoms with Crippen LogP contribution in [0, 0.1) is 0 Å². The number of nitrogens with zero attached hydrogens (tertiary/aromatic N) is 1. The van der Waals surface area contributed by atoms with Gasteiger partial charge in [0, 0.05) is 18.1 Å². The lowest BCUT2D eigenvalue weighted by atomic mass is 10.3. The second-order valence-electron chi connectivity index (χ2n) is 4.02. The van der Waals surface area contributed by atoms with Crippen LogP contribution in [-0.4, -0.2) is 44.6 Å². The number of carbonyl (C=O) groups excluding carboxylic acids is 1. The van der Waals surface area contributed by atoms with Gasteiger partial charge in [-0.25, -0.2) is 0 Å². The zero-order valence-corrected chi connectivity index (χ0v) is 12.7. The Morgan fingerprint density at radius 2 is 2.22 bits per heavy atom. The second-order valence-corrected chi connectivity index (χ2v) is 5.31. The first-order valence-corrected chi connectivity index (χ1v) is 6.65. The summed E-state index contributed by atoms with van der Waals surface area (Å²) < 4.78 is 6.11. The van der Waals surface area contributed by atoms with Gasteiger partial charge in [0.1, 0.15) is 5.75 Å². The molecule has 0 aromatic heterocycles. The van der Waals surface area contributed by atoms with Crippen LogP contribution >= 0.6 is 27.5 Å². The number of carbonyl (C=O) groups is 1. The van der Waals surface area contributed by atoms with Gasteiger partial charge in [0.15, 0.2) is 6.61 Å². The number of rotatable bonds is 6. The van der Waals surface area contributed by atoms with E-state index in [2.05, 4.69) is 21.2 Å². The maximum Gasteiger partial charge on any atom is 0.257 e. The summed E-state index contributed by atoms with van der Waals surface area (Å²) in [4.78, 5) is 13.5. The van der Waals surface area contributed by atoms with Gasteiger partial charge in [0.25, 0.3) is 5.91 Å². The van der Waals surface area contributed by atoms with E-state index in [4.69, 9.17) is 16.3 Å². The first-order chi connectivity index (χ1) is 8.49. The maximum atomic E-state index is 11.5. The first kappa shape index (κ1) is 15.3. The van der Waals surface area contributed by atoms with Crippen molar-refractivity contribution in [2.75, 3.05) is 33.8 Å². The highest BCUT2D eigenvalue weighted by Crippen LogP contribution is 2.27. The molecule has 0 atom stereocenters. The molecule has 0 aliphatic rings. The van der Waals surface area contributed by atoms with E-state index in [1.54, 1.807) is 18.2 Å². The number of hydrogen-bond donors (Lipinski definition) is 1. The maximum absolute atomic E-state index is 11.5. The minimum Gasteiger partial charge on any atom is -0.483 e. The highest BCUT2D eigenvalue weighted by Gasteiger charge is 2.05. The van der Waals surface area contributed by atoms with Gasteiger partial charge in [-0.1, -0.05) is 11.6 Å². The molecule has 6 heteroatoms. The summed E-state index contributed by atoms with van der Waals surface area (Å²) in [6.07, 6.45) is 0. The van der Waals surface area contributed by atoms with E-state index in [0.29, 0.717) is 17.3 Å². The highest BCUT2D eigenvalue weighted by molar-refractivity contribution is 9.10. The van der Waals surface area contributed by atoms with E-state index in [-0.39, 0.29) is 12.5 Å². The van der Waals surface area contributed by atoms with Gasteiger partial charge in [0.2, 0.25) is 0 Å². The summed E-state index contributed by atoms with van der Waals surface area (Å²) in [5.41, 5.74) is 0. The Kier molecular flexibility index (Phi) is 6.46. The molecule has 0 aliphatic heterocycles. The van der Waals surface area contributed by atoms with Crippen molar-refractivity contribution >= 4 is 33.4 Å². The van der Waals surface area contributed by atoms with Gasteiger partial charge < -0.3 is 15.0 Å². The lowest BCUT2D eigenvalue weighted by Crippen LogP contribution is -2.34. The van der Waals surface area contributed by atoms with E-state index in [1.807, 2.05) is 19.0 Å². The zero-order valence-electron chi connectivity index (χ0n) is 10.4. The van der Waals surface area contributed by atoms with Gasteiger partial charge >= 0.3 is 0 Å². The predicted molar refractivity (Wildman–Crippen MR) is 76.2 cm³/mol. The van der Waals surface area contributed by atoms with Crippen LogP contribution in [0.2, 0.25) is 5.02 Å². The fraction of sp³-hybridized carbons (Fsp3) is 0.417. The summed E-state index contributed by atoms with van der Waals surface area (Å²) >= 11 is 9.13. The Bertz CT molecular complexity index is 413. The minimum absolute atomic E-state index is 0.00629. The Hall–Kier alpha value is -0.780. The lowest BCUT2D eigenvalue weighted by Gasteiger charge is -2.11. The van der Waals surface area contributed by atoms with Crippen molar-refractivity contribution in [1.29, 1.82) is 0 Å². The molecule has 1 amide bonds. The Labute approximate surface area is 120 Å². The van der Waals surface area contributed by atoms with E-state index in [0.717, 1.165) is 11.0 Å². The average molecular weight is 336 g/mol. The molecule has 0 radical (unpaired) electrons. The van der Waals surface area contributed by atoms with Gasteiger partial charge in [0.05, 0.1) is 4.47 Å². The van der Waals surface area contributed by atoms with Crippen LogP contribution in [0.4, 0.5) is 0 Å². The standard InChI is InChI=1S/C12H16BrClN2O2/c1-16(2)6-5-15-12(17)8-18-11-4-3-9(14)7-10(11)13/h3-4,7H,5-6,8H2,1-2H3,(H,15,17). The van der Waals surface area contributed by atoms with Crippen molar-refractivity contribution in [2.45, 2.75) is 0 Å². The molecule has 0 heterocycles. The van der Waals surface area contributed by atoms with Gasteiger partial charge in [-0.05, 0) is 48.2 Å². The number of benzene rings is 1. The Balaban J connectivity index is 2.33. The third kappa shape index (κ3) is 5.71. The van der Waals surface area contributed by atoms with Crippen molar-refractivity contribution in [3.05, 3.63) is 27.7 Å². The third-order valence-corrected chi connectivity index (χ3v) is 2.99. The largest absolute Gasteiger partial charge is 0.483 e. The lowest BCUT2D eigenvalue weighted by molar-refractivity contribution is -0.123. The molecule has 1 aromatic carbocycles. The molecular formula is C12H16BrClN2O2. The van der Waals surface area contributed by atoms with Crippen molar-refractivity contribution in [3.63, 3.8) is 0 Å². The van der Waals surface area contributed by atoms with Crippen molar-refractivity contribution in [2.24, 2.45) is 0 Å². The summed E-state index contributed by atoms with van der Waals surface area (Å²) in [5.74, 6) is 0.459. The molecule has 1 rings (SSSR count). The number of nitrogens with one attached hydrogen (secondary N) is 1. The minimum atomic E-state index is -0.140. The van der Waals surface area contributed by atoms with Crippen molar-refractivity contribution in [1.82, 2.24) is 10.2 Å². The Morgan fingerprint density at radius 3 is 2.83 bits per heavy atom. The molecule has 4 nitrogen and oxygen atoms in total. The van der Waals surface area contributed by atoms with Gasteiger partial charge in [-0.3, -0.25) is 4.79 Å². The fourth-order valence-electron chi connectivity index (χ4n) is 1.21. The molecular weight excluding hydrogens is 320 g/mol. The van der Waals surface area contributed by atoms with Crippen LogP contribution in [0.15, 0.2) is 22.7 Å². The summed E-state index contributed by atoms with van der Waals surface area (Å²) in [6.45, 7) is 1.40. The summed E-state index contributed by atoms with van der Waals surface area (Å²) in [5, 5.41) is 3.38. The van der Waals surface area contributed by atoms with E-state index >= 15 is 0 Å².